The van der Waals surface area contributed by atoms with Crippen molar-refractivity contribution in [2.75, 3.05) is 6.61 Å². The highest BCUT2D eigenvalue weighted by molar-refractivity contribution is 9.10. The van der Waals surface area contributed by atoms with Crippen LogP contribution < -0.4 is 4.72 Å². The van der Waals surface area contributed by atoms with Crippen LogP contribution in [-0.2, 0) is 10.0 Å². The fourth-order valence-corrected chi connectivity index (χ4v) is 3.89. The van der Waals surface area contributed by atoms with Gasteiger partial charge in [0.2, 0.25) is 10.0 Å². The van der Waals surface area contributed by atoms with Gasteiger partial charge in [0, 0.05) is 23.3 Å². The Morgan fingerprint density at radius 2 is 2.16 bits per heavy atom. The summed E-state index contributed by atoms with van der Waals surface area (Å²) in [5.74, 6) is 0.0563. The molecule has 0 bridgehead atoms. The van der Waals surface area contributed by atoms with Crippen LogP contribution in [0.5, 0.6) is 0 Å². The summed E-state index contributed by atoms with van der Waals surface area (Å²) < 4.78 is 27.6. The minimum Gasteiger partial charge on any atom is -0.396 e. The smallest absolute Gasteiger partial charge is 0.243 e. The lowest BCUT2D eigenvalue weighted by Gasteiger charge is -2.21. The van der Waals surface area contributed by atoms with Crippen LogP contribution in [0.15, 0.2) is 21.6 Å². The number of nitrogens with zero attached hydrogens (tertiary/aromatic N) is 1. The molecule has 5 nitrogen and oxygen atoms in total. The summed E-state index contributed by atoms with van der Waals surface area (Å²) in [6.07, 6.45) is 1.77. The van der Waals surface area contributed by atoms with E-state index in [0.29, 0.717) is 10.9 Å². The Morgan fingerprint density at radius 1 is 1.53 bits per heavy atom. The van der Waals surface area contributed by atoms with Crippen molar-refractivity contribution in [1.29, 1.82) is 0 Å². The maximum Gasteiger partial charge on any atom is 0.243 e. The van der Waals surface area contributed by atoms with Crippen molar-refractivity contribution >= 4 is 37.6 Å². The zero-order valence-electron chi connectivity index (χ0n) is 10.6. The number of aliphatic hydroxyl groups excluding tert-OH is 1. The molecule has 1 aromatic heterocycles. The Labute approximate surface area is 126 Å². The fraction of sp³-hybridized carbons (Fsp3) is 0.545. The molecule has 0 aromatic carbocycles. The Bertz CT molecular complexity index is 537. The molecule has 0 aliphatic rings. The minimum atomic E-state index is -3.77. The highest BCUT2D eigenvalue weighted by Crippen LogP contribution is 2.23. The third kappa shape index (κ3) is 4.68. The predicted molar refractivity (Wildman–Crippen MR) is 77.6 cm³/mol. The topological polar surface area (TPSA) is 79.3 Å². The third-order valence-corrected chi connectivity index (χ3v) is 4.96. The van der Waals surface area contributed by atoms with Crippen LogP contribution in [0.3, 0.4) is 0 Å². The normalized spacial score (nSPS) is 13.8. The largest absolute Gasteiger partial charge is 0.396 e. The second-order valence-electron chi connectivity index (χ2n) is 4.43. The molecule has 2 N–H and O–H groups in total. The number of hydrogen-bond acceptors (Lipinski definition) is 4. The molecule has 0 amide bonds. The number of aromatic nitrogens is 1. The Balaban J connectivity index is 3.06. The van der Waals surface area contributed by atoms with Crippen LogP contribution in [0.25, 0.3) is 0 Å². The monoisotopic (exact) mass is 370 g/mol. The Kier molecular flexibility index (Phi) is 6.19. The zero-order chi connectivity index (χ0) is 14.6. The lowest BCUT2D eigenvalue weighted by Crippen LogP contribution is -2.39. The van der Waals surface area contributed by atoms with E-state index in [4.69, 9.17) is 16.7 Å². The Hall–Kier alpha value is -0.210. The molecular formula is C11H16BrClN2O3S. The van der Waals surface area contributed by atoms with E-state index in [1.165, 1.54) is 12.3 Å². The van der Waals surface area contributed by atoms with E-state index in [9.17, 15) is 8.42 Å². The second kappa shape index (κ2) is 6.99. The minimum absolute atomic E-state index is 0.0563. The molecule has 1 aromatic rings. The van der Waals surface area contributed by atoms with Crippen LogP contribution in [0.4, 0.5) is 0 Å². The van der Waals surface area contributed by atoms with Crippen LogP contribution in [0.2, 0.25) is 5.15 Å². The zero-order valence-corrected chi connectivity index (χ0v) is 13.8. The number of sulfonamides is 1. The fourth-order valence-electron chi connectivity index (χ4n) is 1.52. The molecule has 0 saturated carbocycles. The van der Waals surface area contributed by atoms with Gasteiger partial charge in [0.25, 0.3) is 0 Å². The van der Waals surface area contributed by atoms with E-state index < -0.39 is 10.0 Å². The van der Waals surface area contributed by atoms with Crippen molar-refractivity contribution in [3.05, 3.63) is 21.9 Å². The number of halogens is 2. The second-order valence-corrected chi connectivity index (χ2v) is 7.38. The molecule has 0 aliphatic carbocycles. The summed E-state index contributed by atoms with van der Waals surface area (Å²) in [6.45, 7) is 3.67. The van der Waals surface area contributed by atoms with Crippen molar-refractivity contribution < 1.29 is 13.5 Å². The lowest BCUT2D eigenvalue weighted by molar-refractivity contribution is 0.256. The van der Waals surface area contributed by atoms with Crippen molar-refractivity contribution in [2.24, 2.45) is 5.92 Å². The van der Waals surface area contributed by atoms with E-state index in [0.717, 1.165) is 0 Å². The molecule has 1 rings (SSSR count). The highest BCUT2D eigenvalue weighted by atomic mass is 79.9. The van der Waals surface area contributed by atoms with Crippen molar-refractivity contribution in [3.8, 4) is 0 Å². The maximum absolute atomic E-state index is 12.3. The van der Waals surface area contributed by atoms with Crippen LogP contribution in [0.1, 0.15) is 20.3 Å². The van der Waals surface area contributed by atoms with Gasteiger partial charge in [-0.15, -0.1) is 0 Å². The first kappa shape index (κ1) is 16.8. The molecule has 0 fully saturated rings. The standard InChI is InChI=1S/C11H16BrClN2O3S/c1-7(2)9(3-4-16)15-19(17,18)10-5-8(12)6-14-11(10)13/h5-7,9,15-16H,3-4H2,1-2H3. The molecule has 0 radical (unpaired) electrons. The first-order chi connectivity index (χ1) is 8.77. The number of nitrogens with one attached hydrogen (secondary N) is 1. The molecule has 8 heteroatoms. The Morgan fingerprint density at radius 3 is 2.68 bits per heavy atom. The van der Waals surface area contributed by atoms with Crippen LogP contribution in [-0.4, -0.2) is 31.2 Å². The van der Waals surface area contributed by atoms with Gasteiger partial charge in [0.1, 0.15) is 10.0 Å². The number of aliphatic hydroxyl groups is 1. The molecule has 1 heterocycles. The van der Waals surface area contributed by atoms with Gasteiger partial charge in [0.05, 0.1) is 0 Å². The molecule has 108 valence electrons. The average Bonchev–Trinajstić information content (AvgIpc) is 2.31. The summed E-state index contributed by atoms with van der Waals surface area (Å²) in [7, 11) is -3.77. The van der Waals surface area contributed by atoms with Crippen molar-refractivity contribution in [2.45, 2.75) is 31.2 Å². The molecule has 1 unspecified atom stereocenters. The molecular weight excluding hydrogens is 356 g/mol. The van der Waals surface area contributed by atoms with Gasteiger partial charge < -0.3 is 5.11 Å². The summed E-state index contributed by atoms with van der Waals surface area (Å²) in [5, 5.41) is 8.89. The van der Waals surface area contributed by atoms with Gasteiger partial charge >= 0.3 is 0 Å². The van der Waals surface area contributed by atoms with Crippen molar-refractivity contribution in [3.63, 3.8) is 0 Å². The molecule has 0 spiro atoms. The van der Waals surface area contributed by atoms with E-state index >= 15 is 0 Å². The SMILES string of the molecule is CC(C)C(CCO)NS(=O)(=O)c1cc(Br)cnc1Cl. The lowest BCUT2D eigenvalue weighted by atomic mass is 10.0. The summed E-state index contributed by atoms with van der Waals surface area (Å²) in [6, 6.07) is 1.04. The van der Waals surface area contributed by atoms with Gasteiger partial charge in [-0.05, 0) is 34.3 Å². The molecule has 0 aliphatic heterocycles. The van der Waals surface area contributed by atoms with E-state index in [2.05, 4.69) is 25.6 Å². The van der Waals surface area contributed by atoms with Gasteiger partial charge in [-0.25, -0.2) is 18.1 Å². The quantitative estimate of drug-likeness (QED) is 0.751. The maximum atomic E-state index is 12.3. The van der Waals surface area contributed by atoms with Crippen LogP contribution >= 0.6 is 27.5 Å². The van der Waals surface area contributed by atoms with Gasteiger partial charge in [-0.1, -0.05) is 25.4 Å². The number of pyridine rings is 1. The summed E-state index contributed by atoms with van der Waals surface area (Å²) in [4.78, 5) is 3.72. The first-order valence-corrected chi connectivity index (χ1v) is 8.37. The first-order valence-electron chi connectivity index (χ1n) is 5.72. The summed E-state index contributed by atoms with van der Waals surface area (Å²) in [5.41, 5.74) is 0. The summed E-state index contributed by atoms with van der Waals surface area (Å²) >= 11 is 8.98. The number of hydrogen-bond donors (Lipinski definition) is 2. The van der Waals surface area contributed by atoms with E-state index in [1.807, 2.05) is 13.8 Å². The third-order valence-electron chi connectivity index (χ3n) is 2.61. The number of rotatable bonds is 6. The van der Waals surface area contributed by atoms with Crippen molar-refractivity contribution in [1.82, 2.24) is 9.71 Å². The van der Waals surface area contributed by atoms with Gasteiger partial charge in [-0.2, -0.15) is 0 Å². The highest BCUT2D eigenvalue weighted by Gasteiger charge is 2.25. The van der Waals surface area contributed by atoms with Crippen LogP contribution in [0, 0.1) is 5.92 Å². The average molecular weight is 372 g/mol. The molecule has 1 atom stereocenters. The van der Waals surface area contributed by atoms with E-state index in [-0.39, 0.29) is 28.6 Å². The predicted octanol–water partition coefficient (Wildman–Crippen LogP) is 2.18. The van der Waals surface area contributed by atoms with Gasteiger partial charge in [0.15, 0.2) is 0 Å². The molecule has 0 saturated heterocycles. The van der Waals surface area contributed by atoms with E-state index in [1.54, 1.807) is 0 Å². The molecule has 19 heavy (non-hydrogen) atoms. The van der Waals surface area contributed by atoms with Gasteiger partial charge in [-0.3, -0.25) is 0 Å².